The quantitative estimate of drug-likeness (QED) is 0.800. The molecule has 1 amide bonds. The Bertz CT molecular complexity index is 457. The van der Waals surface area contributed by atoms with E-state index in [4.69, 9.17) is 10.5 Å². The number of nitrogen functional groups attached to an aromatic ring is 1. The standard InChI is InChI=1S/C14H20N2O2/c1-3-13(17)16-10-5-6-11-9(8-10)4-7-12(18-2)14(11)15/h4,7,10H,3,5-6,8,15H2,1-2H3,(H,16,17). The molecule has 0 aromatic heterocycles. The average molecular weight is 248 g/mol. The summed E-state index contributed by atoms with van der Waals surface area (Å²) in [6, 6.07) is 4.19. The molecule has 1 unspecified atom stereocenters. The van der Waals surface area contributed by atoms with Gasteiger partial charge in [-0.3, -0.25) is 4.79 Å². The number of carbonyl (C=O) groups is 1. The van der Waals surface area contributed by atoms with Gasteiger partial charge >= 0.3 is 0 Å². The Morgan fingerprint density at radius 2 is 2.33 bits per heavy atom. The first kappa shape index (κ1) is 12.7. The zero-order chi connectivity index (χ0) is 13.1. The highest BCUT2D eigenvalue weighted by molar-refractivity contribution is 5.76. The first-order valence-electron chi connectivity index (χ1n) is 6.39. The predicted molar refractivity (Wildman–Crippen MR) is 71.7 cm³/mol. The van der Waals surface area contributed by atoms with Gasteiger partial charge in [0.1, 0.15) is 5.75 Å². The number of methoxy groups -OCH3 is 1. The van der Waals surface area contributed by atoms with Crippen LogP contribution in [0.5, 0.6) is 5.75 Å². The summed E-state index contributed by atoms with van der Waals surface area (Å²) in [5.41, 5.74) is 9.22. The molecule has 18 heavy (non-hydrogen) atoms. The van der Waals surface area contributed by atoms with Crippen LogP contribution in [0.1, 0.15) is 30.9 Å². The third-order valence-electron chi connectivity index (χ3n) is 3.53. The van der Waals surface area contributed by atoms with E-state index < -0.39 is 0 Å². The van der Waals surface area contributed by atoms with Crippen molar-refractivity contribution in [2.45, 2.75) is 38.6 Å². The van der Waals surface area contributed by atoms with Gasteiger partial charge in [-0.1, -0.05) is 13.0 Å². The van der Waals surface area contributed by atoms with Crippen LogP contribution in [0.4, 0.5) is 5.69 Å². The molecule has 0 saturated heterocycles. The molecule has 0 radical (unpaired) electrons. The Hall–Kier alpha value is -1.71. The van der Waals surface area contributed by atoms with E-state index in [0.29, 0.717) is 6.42 Å². The van der Waals surface area contributed by atoms with E-state index in [2.05, 4.69) is 11.4 Å². The Kier molecular flexibility index (Phi) is 3.75. The first-order chi connectivity index (χ1) is 8.65. The number of anilines is 1. The number of benzene rings is 1. The van der Waals surface area contributed by atoms with Crippen molar-refractivity contribution in [2.75, 3.05) is 12.8 Å². The molecule has 0 heterocycles. The van der Waals surface area contributed by atoms with Crippen molar-refractivity contribution in [3.8, 4) is 5.75 Å². The van der Waals surface area contributed by atoms with Gasteiger partial charge < -0.3 is 15.8 Å². The molecule has 4 heteroatoms. The van der Waals surface area contributed by atoms with E-state index >= 15 is 0 Å². The lowest BCUT2D eigenvalue weighted by Crippen LogP contribution is -2.38. The summed E-state index contributed by atoms with van der Waals surface area (Å²) in [6.07, 6.45) is 3.23. The van der Waals surface area contributed by atoms with Crippen LogP contribution < -0.4 is 15.8 Å². The monoisotopic (exact) mass is 248 g/mol. The second kappa shape index (κ2) is 5.29. The van der Waals surface area contributed by atoms with Crippen molar-refractivity contribution in [3.05, 3.63) is 23.3 Å². The Labute approximate surface area is 108 Å². The molecule has 0 spiro atoms. The Morgan fingerprint density at radius 3 is 3.00 bits per heavy atom. The van der Waals surface area contributed by atoms with Crippen molar-refractivity contribution in [1.82, 2.24) is 5.32 Å². The molecule has 3 N–H and O–H groups in total. The van der Waals surface area contributed by atoms with E-state index in [0.717, 1.165) is 30.7 Å². The Balaban J connectivity index is 2.16. The number of ether oxygens (including phenoxy) is 1. The summed E-state index contributed by atoms with van der Waals surface area (Å²) < 4.78 is 5.23. The van der Waals surface area contributed by atoms with Crippen molar-refractivity contribution in [3.63, 3.8) is 0 Å². The van der Waals surface area contributed by atoms with Crippen LogP contribution in [-0.2, 0) is 17.6 Å². The number of nitrogens with one attached hydrogen (secondary N) is 1. The second-order valence-corrected chi connectivity index (χ2v) is 4.68. The second-order valence-electron chi connectivity index (χ2n) is 4.68. The van der Waals surface area contributed by atoms with Crippen LogP contribution in [0.2, 0.25) is 0 Å². The van der Waals surface area contributed by atoms with Gasteiger partial charge in [0, 0.05) is 12.5 Å². The molecular weight excluding hydrogens is 228 g/mol. The van der Waals surface area contributed by atoms with Crippen LogP contribution >= 0.6 is 0 Å². The van der Waals surface area contributed by atoms with E-state index in [1.165, 1.54) is 11.1 Å². The van der Waals surface area contributed by atoms with Gasteiger partial charge in [0.2, 0.25) is 5.91 Å². The average Bonchev–Trinajstić information content (AvgIpc) is 2.39. The number of hydrogen-bond acceptors (Lipinski definition) is 3. The zero-order valence-corrected chi connectivity index (χ0v) is 11.0. The third kappa shape index (κ3) is 2.42. The summed E-state index contributed by atoms with van der Waals surface area (Å²) >= 11 is 0. The fraction of sp³-hybridized carbons (Fsp3) is 0.500. The molecule has 0 saturated carbocycles. The fourth-order valence-corrected chi connectivity index (χ4v) is 2.49. The van der Waals surface area contributed by atoms with E-state index in [-0.39, 0.29) is 11.9 Å². The van der Waals surface area contributed by atoms with Gasteiger partial charge in [0.15, 0.2) is 0 Å². The largest absolute Gasteiger partial charge is 0.495 e. The molecular formula is C14H20N2O2. The zero-order valence-electron chi connectivity index (χ0n) is 11.0. The van der Waals surface area contributed by atoms with E-state index in [1.54, 1.807) is 7.11 Å². The lowest BCUT2D eigenvalue weighted by Gasteiger charge is -2.27. The summed E-state index contributed by atoms with van der Waals surface area (Å²) in [5, 5.41) is 3.05. The lowest BCUT2D eigenvalue weighted by atomic mass is 9.87. The molecule has 1 aliphatic carbocycles. The van der Waals surface area contributed by atoms with Crippen LogP contribution in [0, 0.1) is 0 Å². The van der Waals surface area contributed by atoms with Crippen LogP contribution in [0.15, 0.2) is 12.1 Å². The molecule has 1 atom stereocenters. The van der Waals surface area contributed by atoms with E-state index in [1.807, 2.05) is 13.0 Å². The van der Waals surface area contributed by atoms with Crippen LogP contribution in [0.3, 0.4) is 0 Å². The normalized spacial score (nSPS) is 18.0. The smallest absolute Gasteiger partial charge is 0.219 e. The van der Waals surface area contributed by atoms with Crippen molar-refractivity contribution < 1.29 is 9.53 Å². The highest BCUT2D eigenvalue weighted by atomic mass is 16.5. The van der Waals surface area contributed by atoms with Gasteiger partial charge in [-0.15, -0.1) is 0 Å². The molecule has 4 nitrogen and oxygen atoms in total. The molecule has 0 aliphatic heterocycles. The number of amides is 1. The summed E-state index contributed by atoms with van der Waals surface area (Å²) in [7, 11) is 1.63. The molecule has 1 aliphatic rings. The minimum Gasteiger partial charge on any atom is -0.495 e. The number of hydrogen-bond donors (Lipinski definition) is 2. The lowest BCUT2D eigenvalue weighted by molar-refractivity contribution is -0.121. The fourth-order valence-electron chi connectivity index (χ4n) is 2.49. The number of rotatable bonds is 3. The maximum absolute atomic E-state index is 11.4. The molecule has 1 aromatic rings. The number of fused-ring (bicyclic) bond motifs is 1. The topological polar surface area (TPSA) is 64.3 Å². The van der Waals surface area contributed by atoms with Gasteiger partial charge in [-0.25, -0.2) is 0 Å². The SMILES string of the molecule is CCC(=O)NC1CCc2c(ccc(OC)c2N)C1. The minimum atomic E-state index is 0.116. The predicted octanol–water partition coefficient (Wildman–Crippen LogP) is 1.66. The third-order valence-corrected chi connectivity index (χ3v) is 3.53. The Morgan fingerprint density at radius 1 is 1.56 bits per heavy atom. The maximum atomic E-state index is 11.4. The van der Waals surface area contributed by atoms with Gasteiger partial charge in [-0.05, 0) is 36.5 Å². The maximum Gasteiger partial charge on any atom is 0.219 e. The molecule has 2 rings (SSSR count). The van der Waals surface area contributed by atoms with Crippen molar-refractivity contribution in [1.29, 1.82) is 0 Å². The summed E-state index contributed by atoms with van der Waals surface area (Å²) in [4.78, 5) is 11.4. The summed E-state index contributed by atoms with van der Waals surface area (Å²) in [6.45, 7) is 1.87. The number of carbonyl (C=O) groups excluding carboxylic acids is 1. The highest BCUT2D eigenvalue weighted by Crippen LogP contribution is 2.33. The van der Waals surface area contributed by atoms with Crippen LogP contribution in [0.25, 0.3) is 0 Å². The van der Waals surface area contributed by atoms with E-state index in [9.17, 15) is 4.79 Å². The summed E-state index contributed by atoms with van der Waals surface area (Å²) in [5.74, 6) is 0.856. The van der Waals surface area contributed by atoms with Gasteiger partial charge in [0.05, 0.1) is 12.8 Å². The highest BCUT2D eigenvalue weighted by Gasteiger charge is 2.22. The van der Waals surface area contributed by atoms with Gasteiger partial charge in [0.25, 0.3) is 0 Å². The van der Waals surface area contributed by atoms with Gasteiger partial charge in [-0.2, -0.15) is 0 Å². The molecule has 98 valence electrons. The molecule has 1 aromatic carbocycles. The molecule has 0 fully saturated rings. The molecule has 0 bridgehead atoms. The van der Waals surface area contributed by atoms with Crippen molar-refractivity contribution >= 4 is 11.6 Å². The first-order valence-corrected chi connectivity index (χ1v) is 6.39. The number of nitrogens with two attached hydrogens (primary N) is 1. The van der Waals surface area contributed by atoms with Crippen molar-refractivity contribution in [2.24, 2.45) is 0 Å². The van der Waals surface area contributed by atoms with Crippen LogP contribution in [-0.4, -0.2) is 19.1 Å². The minimum absolute atomic E-state index is 0.116.